The molecule has 4 heteroatoms. The Morgan fingerprint density at radius 2 is 1.85 bits per heavy atom. The molecule has 0 amide bonds. The van der Waals surface area contributed by atoms with Gasteiger partial charge in [0.25, 0.3) is 0 Å². The number of fused-ring (bicyclic) bond motifs is 1. The Hall–Kier alpha value is -1.52. The predicted molar refractivity (Wildman–Crippen MR) is 82.2 cm³/mol. The molecule has 0 fully saturated rings. The van der Waals surface area contributed by atoms with Crippen molar-refractivity contribution >= 4 is 15.9 Å². The number of ether oxygens (including phenoxy) is 2. The fourth-order valence-corrected chi connectivity index (χ4v) is 2.96. The number of nitrogens with two attached hydrogens (primary N) is 1. The van der Waals surface area contributed by atoms with Crippen molar-refractivity contribution in [3.8, 4) is 11.5 Å². The van der Waals surface area contributed by atoms with Crippen molar-refractivity contribution in [3.63, 3.8) is 0 Å². The van der Waals surface area contributed by atoms with Crippen LogP contribution < -0.4 is 15.2 Å². The smallest absolute Gasteiger partial charge is 0.175 e. The van der Waals surface area contributed by atoms with Gasteiger partial charge < -0.3 is 15.2 Å². The van der Waals surface area contributed by atoms with Crippen LogP contribution in [0.3, 0.4) is 0 Å². The highest BCUT2D eigenvalue weighted by Crippen LogP contribution is 2.39. The van der Waals surface area contributed by atoms with Crippen LogP contribution in [0.15, 0.2) is 46.9 Å². The minimum Gasteiger partial charge on any atom is -0.486 e. The fraction of sp³-hybridized carbons (Fsp3) is 0.250. The van der Waals surface area contributed by atoms with E-state index < -0.39 is 0 Å². The van der Waals surface area contributed by atoms with Crippen molar-refractivity contribution in [2.45, 2.75) is 12.5 Å². The van der Waals surface area contributed by atoms with Crippen molar-refractivity contribution < 1.29 is 9.47 Å². The van der Waals surface area contributed by atoms with E-state index in [2.05, 4.69) is 34.1 Å². The highest BCUT2D eigenvalue weighted by Gasteiger charge is 2.17. The highest BCUT2D eigenvalue weighted by atomic mass is 79.9. The van der Waals surface area contributed by atoms with Gasteiger partial charge in [0.2, 0.25) is 0 Å². The zero-order valence-electron chi connectivity index (χ0n) is 11.0. The number of hydrogen-bond donors (Lipinski definition) is 1. The molecule has 1 atom stereocenters. The highest BCUT2D eigenvalue weighted by molar-refractivity contribution is 9.10. The molecule has 0 bridgehead atoms. The normalized spacial score (nSPS) is 14.9. The van der Waals surface area contributed by atoms with Crippen LogP contribution in [0.2, 0.25) is 0 Å². The van der Waals surface area contributed by atoms with Crippen LogP contribution in [0.4, 0.5) is 0 Å². The quantitative estimate of drug-likeness (QED) is 0.935. The molecule has 1 aliphatic rings. The molecular weight excluding hydrogens is 318 g/mol. The average Bonchev–Trinajstić information content (AvgIpc) is 2.48. The Morgan fingerprint density at radius 3 is 2.65 bits per heavy atom. The minimum absolute atomic E-state index is 0.0225. The van der Waals surface area contributed by atoms with Gasteiger partial charge in [-0.15, -0.1) is 0 Å². The van der Waals surface area contributed by atoms with Crippen LogP contribution in [0.25, 0.3) is 0 Å². The maximum Gasteiger partial charge on any atom is 0.175 e. The molecule has 104 valence electrons. The van der Waals surface area contributed by atoms with Gasteiger partial charge in [0.1, 0.15) is 13.2 Å². The Labute approximate surface area is 126 Å². The third-order valence-electron chi connectivity index (χ3n) is 3.34. The lowest BCUT2D eigenvalue weighted by atomic mass is 9.99. The second-order valence-corrected chi connectivity index (χ2v) is 5.68. The summed E-state index contributed by atoms with van der Waals surface area (Å²) in [6.45, 7) is 1.18. The van der Waals surface area contributed by atoms with Crippen LogP contribution in [0.5, 0.6) is 11.5 Å². The summed E-state index contributed by atoms with van der Waals surface area (Å²) in [4.78, 5) is 0. The molecule has 2 aromatic rings. The number of hydrogen-bond acceptors (Lipinski definition) is 3. The molecule has 0 radical (unpaired) electrons. The molecule has 1 heterocycles. The Balaban J connectivity index is 1.83. The molecule has 0 spiro atoms. The molecule has 20 heavy (non-hydrogen) atoms. The van der Waals surface area contributed by atoms with Gasteiger partial charge in [-0.3, -0.25) is 0 Å². The zero-order valence-corrected chi connectivity index (χ0v) is 12.6. The van der Waals surface area contributed by atoms with Crippen molar-refractivity contribution in [1.29, 1.82) is 0 Å². The molecule has 0 saturated heterocycles. The minimum atomic E-state index is -0.0225. The van der Waals surface area contributed by atoms with E-state index >= 15 is 0 Å². The summed E-state index contributed by atoms with van der Waals surface area (Å²) in [7, 11) is 0. The molecule has 3 rings (SSSR count). The first-order valence-electron chi connectivity index (χ1n) is 6.62. The fourth-order valence-electron chi connectivity index (χ4n) is 2.35. The Kier molecular flexibility index (Phi) is 3.94. The molecule has 3 nitrogen and oxygen atoms in total. The predicted octanol–water partition coefficient (Wildman–Crippen LogP) is 3.46. The van der Waals surface area contributed by atoms with Gasteiger partial charge in [-0.25, -0.2) is 0 Å². The van der Waals surface area contributed by atoms with Crippen molar-refractivity contribution in [2.75, 3.05) is 13.2 Å². The molecule has 1 aliphatic heterocycles. The van der Waals surface area contributed by atoms with Gasteiger partial charge in [-0.05, 0) is 45.6 Å². The largest absolute Gasteiger partial charge is 0.486 e. The van der Waals surface area contributed by atoms with E-state index in [0.29, 0.717) is 13.2 Å². The van der Waals surface area contributed by atoms with E-state index in [1.807, 2.05) is 24.3 Å². The molecule has 0 aromatic heterocycles. The van der Waals surface area contributed by atoms with Crippen LogP contribution in [0.1, 0.15) is 17.2 Å². The topological polar surface area (TPSA) is 44.5 Å². The molecule has 0 aliphatic carbocycles. The van der Waals surface area contributed by atoms with E-state index in [0.717, 1.165) is 33.5 Å². The maximum atomic E-state index is 6.27. The van der Waals surface area contributed by atoms with Crippen molar-refractivity contribution in [2.24, 2.45) is 5.73 Å². The summed E-state index contributed by atoms with van der Waals surface area (Å²) in [6.07, 6.45) is 0.763. The van der Waals surface area contributed by atoms with Gasteiger partial charge >= 0.3 is 0 Å². The van der Waals surface area contributed by atoms with Crippen LogP contribution in [-0.2, 0) is 6.42 Å². The van der Waals surface area contributed by atoms with Gasteiger partial charge in [-0.1, -0.05) is 30.3 Å². The standard InChI is InChI=1S/C16H16BrNO2/c17-13-8-11(10-15-16(13)20-7-6-19-15)9-14(18)12-4-2-1-3-5-12/h1-5,8,10,14H,6-7,9,18H2. The molecule has 2 aromatic carbocycles. The lowest BCUT2D eigenvalue weighted by Gasteiger charge is -2.21. The van der Waals surface area contributed by atoms with Crippen LogP contribution in [0, 0.1) is 0 Å². The summed E-state index contributed by atoms with van der Waals surface area (Å²) in [6, 6.07) is 14.2. The summed E-state index contributed by atoms with van der Waals surface area (Å²) in [5, 5.41) is 0. The van der Waals surface area contributed by atoms with Crippen molar-refractivity contribution in [1.82, 2.24) is 0 Å². The first-order valence-corrected chi connectivity index (χ1v) is 7.42. The monoisotopic (exact) mass is 333 g/mol. The summed E-state index contributed by atoms with van der Waals surface area (Å²) >= 11 is 3.53. The van der Waals surface area contributed by atoms with E-state index in [1.165, 1.54) is 0 Å². The maximum absolute atomic E-state index is 6.27. The van der Waals surface area contributed by atoms with Crippen molar-refractivity contribution in [3.05, 3.63) is 58.1 Å². The third kappa shape index (κ3) is 2.81. The summed E-state index contributed by atoms with van der Waals surface area (Å²) in [5.74, 6) is 1.58. The number of halogens is 1. The van der Waals surface area contributed by atoms with Gasteiger partial charge in [-0.2, -0.15) is 0 Å². The molecule has 1 unspecified atom stereocenters. The van der Waals surface area contributed by atoms with E-state index in [-0.39, 0.29) is 6.04 Å². The SMILES string of the molecule is NC(Cc1cc(Br)c2c(c1)OCCO2)c1ccccc1. The van der Waals surface area contributed by atoms with Gasteiger partial charge in [0.15, 0.2) is 11.5 Å². The second kappa shape index (κ2) is 5.85. The Morgan fingerprint density at radius 1 is 1.10 bits per heavy atom. The summed E-state index contributed by atoms with van der Waals surface area (Å²) in [5.41, 5.74) is 8.54. The zero-order chi connectivity index (χ0) is 13.9. The van der Waals surface area contributed by atoms with Crippen LogP contribution >= 0.6 is 15.9 Å². The van der Waals surface area contributed by atoms with Gasteiger partial charge in [0.05, 0.1) is 4.47 Å². The number of benzene rings is 2. The second-order valence-electron chi connectivity index (χ2n) is 4.82. The number of rotatable bonds is 3. The molecule has 0 saturated carbocycles. The van der Waals surface area contributed by atoms with E-state index in [4.69, 9.17) is 15.2 Å². The van der Waals surface area contributed by atoms with E-state index in [9.17, 15) is 0 Å². The van der Waals surface area contributed by atoms with E-state index in [1.54, 1.807) is 0 Å². The third-order valence-corrected chi connectivity index (χ3v) is 3.93. The average molecular weight is 334 g/mol. The van der Waals surface area contributed by atoms with Crippen LogP contribution in [-0.4, -0.2) is 13.2 Å². The molecule has 2 N–H and O–H groups in total. The Bertz CT molecular complexity index is 601. The summed E-state index contributed by atoms with van der Waals surface area (Å²) < 4.78 is 12.2. The first-order chi connectivity index (χ1) is 9.74. The lowest BCUT2D eigenvalue weighted by molar-refractivity contribution is 0.170. The first kappa shape index (κ1) is 13.5. The molecular formula is C16H16BrNO2. The van der Waals surface area contributed by atoms with Gasteiger partial charge in [0, 0.05) is 6.04 Å². The lowest BCUT2D eigenvalue weighted by Crippen LogP contribution is -2.17.